The molecule has 1 aromatic carbocycles. The Morgan fingerprint density at radius 1 is 1.23 bits per heavy atom. The minimum Gasteiger partial charge on any atom is -0.494 e. The van der Waals surface area contributed by atoms with Crippen LogP contribution in [-0.4, -0.2) is 22.7 Å². The highest BCUT2D eigenvalue weighted by atomic mass is 16.5. The molecule has 0 atom stereocenters. The van der Waals surface area contributed by atoms with Crippen LogP contribution in [0.3, 0.4) is 0 Å². The number of aromatic nitrogens is 1. The summed E-state index contributed by atoms with van der Waals surface area (Å²) in [7, 11) is 0. The SMILES string of the molecule is CCCCCOc1ccc(Nc2ccncc2C(=O)O)cc1. The summed E-state index contributed by atoms with van der Waals surface area (Å²) in [5.74, 6) is -0.193. The summed E-state index contributed by atoms with van der Waals surface area (Å²) in [4.78, 5) is 15.0. The largest absolute Gasteiger partial charge is 0.494 e. The van der Waals surface area contributed by atoms with E-state index in [4.69, 9.17) is 9.84 Å². The van der Waals surface area contributed by atoms with Crippen molar-refractivity contribution in [2.24, 2.45) is 0 Å². The van der Waals surface area contributed by atoms with E-state index in [-0.39, 0.29) is 5.56 Å². The van der Waals surface area contributed by atoms with Gasteiger partial charge in [-0.05, 0) is 36.8 Å². The highest BCUT2D eigenvalue weighted by Crippen LogP contribution is 2.22. The normalized spacial score (nSPS) is 10.2. The van der Waals surface area contributed by atoms with Gasteiger partial charge in [0.15, 0.2) is 0 Å². The van der Waals surface area contributed by atoms with Crippen molar-refractivity contribution < 1.29 is 14.6 Å². The van der Waals surface area contributed by atoms with E-state index in [2.05, 4.69) is 17.2 Å². The van der Waals surface area contributed by atoms with Gasteiger partial charge < -0.3 is 15.2 Å². The molecule has 0 saturated heterocycles. The Morgan fingerprint density at radius 2 is 2.00 bits per heavy atom. The number of benzene rings is 1. The molecule has 2 N–H and O–H groups in total. The maximum absolute atomic E-state index is 11.1. The summed E-state index contributed by atoms with van der Waals surface area (Å²) >= 11 is 0. The first-order chi connectivity index (χ1) is 10.7. The van der Waals surface area contributed by atoms with Crippen molar-refractivity contribution in [3.05, 3.63) is 48.3 Å². The fraction of sp³-hybridized carbons (Fsp3) is 0.294. The van der Waals surface area contributed by atoms with Gasteiger partial charge in [-0.15, -0.1) is 0 Å². The molecule has 0 bridgehead atoms. The molecule has 5 heteroatoms. The van der Waals surface area contributed by atoms with Crippen molar-refractivity contribution in [2.45, 2.75) is 26.2 Å². The monoisotopic (exact) mass is 300 g/mol. The number of anilines is 2. The summed E-state index contributed by atoms with van der Waals surface area (Å²) < 4.78 is 5.64. The summed E-state index contributed by atoms with van der Waals surface area (Å²) in [6, 6.07) is 9.10. The molecule has 0 spiro atoms. The summed E-state index contributed by atoms with van der Waals surface area (Å²) in [6.07, 6.45) is 6.27. The van der Waals surface area contributed by atoms with Crippen LogP contribution in [0.4, 0.5) is 11.4 Å². The van der Waals surface area contributed by atoms with Crippen molar-refractivity contribution in [1.82, 2.24) is 4.98 Å². The molecule has 5 nitrogen and oxygen atoms in total. The molecule has 0 aliphatic rings. The summed E-state index contributed by atoms with van der Waals surface area (Å²) in [5, 5.41) is 12.2. The van der Waals surface area contributed by atoms with E-state index < -0.39 is 5.97 Å². The maximum Gasteiger partial charge on any atom is 0.339 e. The maximum atomic E-state index is 11.1. The fourth-order valence-corrected chi connectivity index (χ4v) is 2.01. The molecule has 22 heavy (non-hydrogen) atoms. The second-order valence-corrected chi connectivity index (χ2v) is 4.93. The average molecular weight is 300 g/mol. The van der Waals surface area contributed by atoms with Crippen LogP contribution in [0.5, 0.6) is 5.75 Å². The number of ether oxygens (including phenoxy) is 1. The van der Waals surface area contributed by atoms with Crippen LogP contribution in [0, 0.1) is 0 Å². The van der Waals surface area contributed by atoms with Gasteiger partial charge in [0.25, 0.3) is 0 Å². The van der Waals surface area contributed by atoms with Gasteiger partial charge in [0, 0.05) is 18.1 Å². The number of rotatable bonds is 8. The first kappa shape index (κ1) is 15.8. The number of nitrogens with one attached hydrogen (secondary N) is 1. The Kier molecular flexibility index (Phi) is 5.77. The number of carboxylic acids is 1. The van der Waals surface area contributed by atoms with Crippen molar-refractivity contribution in [3.8, 4) is 5.75 Å². The third-order valence-corrected chi connectivity index (χ3v) is 3.20. The van der Waals surface area contributed by atoms with Gasteiger partial charge in [-0.25, -0.2) is 4.79 Å². The zero-order chi connectivity index (χ0) is 15.8. The van der Waals surface area contributed by atoms with Gasteiger partial charge in [-0.2, -0.15) is 0 Å². The molecule has 1 aromatic heterocycles. The average Bonchev–Trinajstić information content (AvgIpc) is 2.53. The Hall–Kier alpha value is -2.56. The molecule has 0 saturated carbocycles. The van der Waals surface area contributed by atoms with E-state index in [9.17, 15) is 4.79 Å². The number of carbonyl (C=O) groups is 1. The van der Waals surface area contributed by atoms with Crippen LogP contribution in [0.25, 0.3) is 0 Å². The topological polar surface area (TPSA) is 71.5 Å². The Labute approximate surface area is 130 Å². The third kappa shape index (κ3) is 4.48. The number of unbranched alkanes of at least 4 members (excludes halogenated alkanes) is 2. The van der Waals surface area contributed by atoms with Crippen LogP contribution in [-0.2, 0) is 0 Å². The number of hydrogen-bond donors (Lipinski definition) is 2. The second kappa shape index (κ2) is 8.02. The fourth-order valence-electron chi connectivity index (χ4n) is 2.01. The molecule has 116 valence electrons. The molecule has 0 radical (unpaired) electrons. The van der Waals surface area contributed by atoms with E-state index in [0.29, 0.717) is 12.3 Å². The van der Waals surface area contributed by atoms with Crippen LogP contribution in [0.1, 0.15) is 36.5 Å². The molecule has 0 unspecified atom stereocenters. The summed E-state index contributed by atoms with van der Waals surface area (Å²) in [6.45, 7) is 2.87. The first-order valence-electron chi connectivity index (χ1n) is 7.38. The standard InChI is InChI=1S/C17H20N2O3/c1-2-3-4-11-22-14-7-5-13(6-8-14)19-16-9-10-18-12-15(16)17(20)21/h5-10,12H,2-4,11H2,1H3,(H,18,19)(H,20,21). The predicted molar refractivity (Wildman–Crippen MR) is 85.9 cm³/mol. The zero-order valence-electron chi connectivity index (χ0n) is 12.6. The van der Waals surface area contributed by atoms with Crippen molar-refractivity contribution in [1.29, 1.82) is 0 Å². The molecule has 0 aliphatic heterocycles. The first-order valence-corrected chi connectivity index (χ1v) is 7.38. The Bertz CT molecular complexity index is 612. The lowest BCUT2D eigenvalue weighted by Crippen LogP contribution is -2.03. The van der Waals surface area contributed by atoms with Crippen LogP contribution in [0.2, 0.25) is 0 Å². The minimum atomic E-state index is -1.01. The molecule has 2 aromatic rings. The van der Waals surface area contributed by atoms with E-state index >= 15 is 0 Å². The highest BCUT2D eigenvalue weighted by Gasteiger charge is 2.09. The van der Waals surface area contributed by atoms with Crippen molar-refractivity contribution in [3.63, 3.8) is 0 Å². The lowest BCUT2D eigenvalue weighted by molar-refractivity contribution is 0.0697. The van der Waals surface area contributed by atoms with Gasteiger partial charge in [-0.1, -0.05) is 19.8 Å². The molecule has 0 amide bonds. The number of carboxylic acid groups (broad SMARTS) is 1. The summed E-state index contributed by atoms with van der Waals surface area (Å²) in [5.41, 5.74) is 1.45. The number of aromatic carboxylic acids is 1. The molecule has 0 fully saturated rings. The van der Waals surface area contributed by atoms with Gasteiger partial charge in [-0.3, -0.25) is 4.98 Å². The lowest BCUT2D eigenvalue weighted by Gasteiger charge is -2.10. The van der Waals surface area contributed by atoms with Gasteiger partial charge in [0.2, 0.25) is 0 Å². The molecule has 0 aliphatic carbocycles. The minimum absolute atomic E-state index is 0.141. The number of nitrogens with zero attached hydrogens (tertiary/aromatic N) is 1. The highest BCUT2D eigenvalue weighted by molar-refractivity contribution is 5.94. The number of pyridine rings is 1. The van der Waals surface area contributed by atoms with Crippen molar-refractivity contribution in [2.75, 3.05) is 11.9 Å². The van der Waals surface area contributed by atoms with E-state index in [0.717, 1.165) is 17.9 Å². The lowest BCUT2D eigenvalue weighted by atomic mass is 10.2. The van der Waals surface area contributed by atoms with Gasteiger partial charge in [0.1, 0.15) is 11.3 Å². The van der Waals surface area contributed by atoms with Crippen molar-refractivity contribution >= 4 is 17.3 Å². The molecule has 2 rings (SSSR count). The smallest absolute Gasteiger partial charge is 0.339 e. The Morgan fingerprint density at radius 3 is 2.68 bits per heavy atom. The van der Waals surface area contributed by atoms with Crippen LogP contribution >= 0.6 is 0 Å². The molecule has 1 heterocycles. The van der Waals surface area contributed by atoms with Gasteiger partial charge in [0.05, 0.1) is 12.3 Å². The second-order valence-electron chi connectivity index (χ2n) is 4.93. The van der Waals surface area contributed by atoms with Gasteiger partial charge >= 0.3 is 5.97 Å². The van der Waals surface area contributed by atoms with E-state index in [1.165, 1.54) is 19.0 Å². The molecular weight excluding hydrogens is 280 g/mol. The van der Waals surface area contributed by atoms with E-state index in [1.54, 1.807) is 12.3 Å². The Balaban J connectivity index is 1.98. The zero-order valence-corrected chi connectivity index (χ0v) is 12.6. The van der Waals surface area contributed by atoms with Crippen LogP contribution in [0.15, 0.2) is 42.7 Å². The van der Waals surface area contributed by atoms with E-state index in [1.807, 2.05) is 24.3 Å². The third-order valence-electron chi connectivity index (χ3n) is 3.20. The van der Waals surface area contributed by atoms with Crippen LogP contribution < -0.4 is 10.1 Å². The predicted octanol–water partition coefficient (Wildman–Crippen LogP) is 4.09. The molecular formula is C17H20N2O3. The quantitative estimate of drug-likeness (QED) is 0.718. The number of hydrogen-bond acceptors (Lipinski definition) is 4.